The Balaban J connectivity index is 2.20. The summed E-state index contributed by atoms with van der Waals surface area (Å²) in [6.07, 6.45) is 8.68. The topological polar surface area (TPSA) is 40.7 Å². The van der Waals surface area contributed by atoms with E-state index in [2.05, 4.69) is 29.1 Å². The van der Waals surface area contributed by atoms with Crippen molar-refractivity contribution in [1.82, 2.24) is 15.3 Å². The molecule has 0 aliphatic heterocycles. The van der Waals surface area contributed by atoms with Gasteiger partial charge in [0, 0.05) is 24.5 Å². The molecule has 1 aromatic heterocycles. The maximum Gasteiger partial charge on any atom is 0.0922 e. The lowest BCUT2D eigenvalue weighted by molar-refractivity contribution is 0.450. The highest BCUT2D eigenvalue weighted by Crippen LogP contribution is 2.04. The smallest absolute Gasteiger partial charge is 0.0922 e. The number of hydrogen-bond donors (Lipinski definition) is 2. The van der Waals surface area contributed by atoms with Crippen LogP contribution in [0.15, 0.2) is 12.5 Å². The van der Waals surface area contributed by atoms with Crippen LogP contribution in [0.3, 0.4) is 0 Å². The van der Waals surface area contributed by atoms with Crippen LogP contribution in [0.2, 0.25) is 0 Å². The lowest BCUT2D eigenvalue weighted by Crippen LogP contribution is -2.27. The molecule has 14 heavy (non-hydrogen) atoms. The molecule has 0 aliphatic carbocycles. The Hall–Kier alpha value is -0.830. The van der Waals surface area contributed by atoms with Crippen LogP contribution >= 0.6 is 0 Å². The molecule has 0 saturated carbocycles. The molecule has 0 fully saturated rings. The Morgan fingerprint density at radius 3 is 2.93 bits per heavy atom. The number of nitrogens with one attached hydrogen (secondary N) is 2. The first-order valence-corrected chi connectivity index (χ1v) is 5.57. The summed E-state index contributed by atoms with van der Waals surface area (Å²) in [5.41, 5.74) is 1.17. The number of aromatic nitrogens is 2. The molecule has 0 saturated heterocycles. The molecule has 0 aromatic carbocycles. The molecular weight excluding hydrogens is 174 g/mol. The van der Waals surface area contributed by atoms with Crippen LogP contribution in [0.5, 0.6) is 0 Å². The van der Waals surface area contributed by atoms with E-state index >= 15 is 0 Å². The van der Waals surface area contributed by atoms with Gasteiger partial charge in [-0.05, 0) is 12.8 Å². The van der Waals surface area contributed by atoms with Crippen LogP contribution in [0.1, 0.15) is 45.2 Å². The van der Waals surface area contributed by atoms with E-state index in [9.17, 15) is 0 Å². The van der Waals surface area contributed by atoms with Crippen LogP contribution in [-0.4, -0.2) is 16.0 Å². The maximum absolute atomic E-state index is 3.99. The van der Waals surface area contributed by atoms with E-state index in [4.69, 9.17) is 0 Å². The molecule has 1 heterocycles. The summed E-state index contributed by atoms with van der Waals surface area (Å²) in [6.45, 7) is 5.38. The molecule has 3 heteroatoms. The van der Waals surface area contributed by atoms with Crippen molar-refractivity contribution in [1.29, 1.82) is 0 Å². The summed E-state index contributed by atoms with van der Waals surface area (Å²) >= 11 is 0. The predicted molar refractivity (Wildman–Crippen MR) is 59.0 cm³/mol. The molecule has 1 atom stereocenters. The van der Waals surface area contributed by atoms with Crippen LogP contribution in [0.4, 0.5) is 0 Å². The summed E-state index contributed by atoms with van der Waals surface area (Å²) in [6, 6.07) is 0.651. The minimum Gasteiger partial charge on any atom is -0.347 e. The maximum atomic E-state index is 3.99. The Kier molecular flexibility index (Phi) is 5.30. The van der Waals surface area contributed by atoms with Gasteiger partial charge in [0.2, 0.25) is 0 Å². The monoisotopic (exact) mass is 195 g/mol. The molecule has 80 valence electrons. The lowest BCUT2D eigenvalue weighted by Gasteiger charge is -2.15. The fourth-order valence-electron chi connectivity index (χ4n) is 1.54. The van der Waals surface area contributed by atoms with Gasteiger partial charge in [0.15, 0.2) is 0 Å². The number of unbranched alkanes of at least 4 members (excludes halogenated alkanes) is 1. The van der Waals surface area contributed by atoms with E-state index in [0.717, 1.165) is 6.54 Å². The van der Waals surface area contributed by atoms with Gasteiger partial charge < -0.3 is 10.3 Å². The normalized spacial score (nSPS) is 13.0. The van der Waals surface area contributed by atoms with Gasteiger partial charge in [0.25, 0.3) is 0 Å². The zero-order chi connectivity index (χ0) is 10.2. The van der Waals surface area contributed by atoms with Crippen molar-refractivity contribution in [2.24, 2.45) is 0 Å². The summed E-state index contributed by atoms with van der Waals surface area (Å²) < 4.78 is 0. The molecule has 0 spiro atoms. The average Bonchev–Trinajstić information content (AvgIpc) is 2.71. The van der Waals surface area contributed by atoms with Gasteiger partial charge in [-0.25, -0.2) is 4.98 Å². The van der Waals surface area contributed by atoms with Crippen molar-refractivity contribution < 1.29 is 0 Å². The van der Waals surface area contributed by atoms with E-state index in [1.165, 1.54) is 31.4 Å². The minimum absolute atomic E-state index is 0.651. The van der Waals surface area contributed by atoms with E-state index in [0.29, 0.717) is 6.04 Å². The summed E-state index contributed by atoms with van der Waals surface area (Å²) in [7, 11) is 0. The van der Waals surface area contributed by atoms with E-state index in [-0.39, 0.29) is 0 Å². The Labute approximate surface area is 86.3 Å². The first kappa shape index (κ1) is 11.2. The first-order chi connectivity index (χ1) is 6.86. The first-order valence-electron chi connectivity index (χ1n) is 5.57. The molecule has 1 unspecified atom stereocenters. The zero-order valence-corrected chi connectivity index (χ0v) is 9.21. The summed E-state index contributed by atoms with van der Waals surface area (Å²) in [5.74, 6) is 0. The van der Waals surface area contributed by atoms with Gasteiger partial charge in [-0.2, -0.15) is 0 Å². The number of aromatic amines is 1. The molecule has 0 amide bonds. The Bertz CT molecular complexity index is 218. The number of rotatable bonds is 7. The third-order valence-electron chi connectivity index (χ3n) is 2.53. The van der Waals surface area contributed by atoms with Crippen molar-refractivity contribution in [3.05, 3.63) is 18.2 Å². The third kappa shape index (κ3) is 3.92. The molecule has 1 aromatic rings. The summed E-state index contributed by atoms with van der Waals surface area (Å²) in [5, 5.41) is 3.54. The highest BCUT2D eigenvalue weighted by molar-refractivity contribution is 4.93. The van der Waals surface area contributed by atoms with Crippen molar-refractivity contribution >= 4 is 0 Å². The second kappa shape index (κ2) is 6.60. The summed E-state index contributed by atoms with van der Waals surface area (Å²) in [4.78, 5) is 7.09. The van der Waals surface area contributed by atoms with Gasteiger partial charge in [-0.3, -0.25) is 0 Å². The fourth-order valence-corrected chi connectivity index (χ4v) is 1.54. The highest BCUT2D eigenvalue weighted by atomic mass is 15.0. The minimum atomic E-state index is 0.651. The SMILES string of the molecule is CCCCC(CC)NCc1cnc[nH]1. The number of hydrogen-bond acceptors (Lipinski definition) is 2. The number of imidazole rings is 1. The highest BCUT2D eigenvalue weighted by Gasteiger charge is 2.04. The van der Waals surface area contributed by atoms with E-state index in [1.807, 2.05) is 6.20 Å². The Morgan fingerprint density at radius 2 is 2.36 bits per heavy atom. The van der Waals surface area contributed by atoms with Crippen LogP contribution in [0, 0.1) is 0 Å². The lowest BCUT2D eigenvalue weighted by atomic mass is 10.1. The molecule has 0 aliphatic rings. The Morgan fingerprint density at radius 1 is 1.50 bits per heavy atom. The van der Waals surface area contributed by atoms with E-state index in [1.54, 1.807) is 6.33 Å². The van der Waals surface area contributed by atoms with Gasteiger partial charge in [0.1, 0.15) is 0 Å². The average molecular weight is 195 g/mol. The van der Waals surface area contributed by atoms with Gasteiger partial charge in [0.05, 0.1) is 6.33 Å². The van der Waals surface area contributed by atoms with Crippen molar-refractivity contribution in [3.8, 4) is 0 Å². The molecule has 0 bridgehead atoms. The zero-order valence-electron chi connectivity index (χ0n) is 9.21. The van der Waals surface area contributed by atoms with Crippen LogP contribution in [0.25, 0.3) is 0 Å². The molecule has 1 rings (SSSR count). The molecule has 3 nitrogen and oxygen atoms in total. The molecule has 2 N–H and O–H groups in total. The van der Waals surface area contributed by atoms with Crippen LogP contribution in [-0.2, 0) is 6.54 Å². The fraction of sp³-hybridized carbons (Fsp3) is 0.727. The number of H-pyrrole nitrogens is 1. The molecule has 0 radical (unpaired) electrons. The van der Waals surface area contributed by atoms with Gasteiger partial charge in [-0.1, -0.05) is 26.7 Å². The largest absolute Gasteiger partial charge is 0.347 e. The third-order valence-corrected chi connectivity index (χ3v) is 2.53. The quantitative estimate of drug-likeness (QED) is 0.701. The van der Waals surface area contributed by atoms with E-state index < -0.39 is 0 Å². The van der Waals surface area contributed by atoms with Crippen LogP contribution < -0.4 is 5.32 Å². The van der Waals surface area contributed by atoms with Crippen molar-refractivity contribution in [3.63, 3.8) is 0 Å². The number of nitrogens with zero attached hydrogens (tertiary/aromatic N) is 1. The predicted octanol–water partition coefficient (Wildman–Crippen LogP) is 2.47. The standard InChI is InChI=1S/C11H21N3/c1-3-5-6-10(4-2)13-8-11-7-12-9-14-11/h7,9-10,13H,3-6,8H2,1-2H3,(H,12,14). The second-order valence-corrected chi connectivity index (χ2v) is 3.71. The van der Waals surface area contributed by atoms with Crippen molar-refractivity contribution in [2.75, 3.05) is 0 Å². The second-order valence-electron chi connectivity index (χ2n) is 3.71. The van der Waals surface area contributed by atoms with Gasteiger partial charge in [-0.15, -0.1) is 0 Å². The molecular formula is C11H21N3. The van der Waals surface area contributed by atoms with Crippen molar-refractivity contribution in [2.45, 2.75) is 52.1 Å². The van der Waals surface area contributed by atoms with Gasteiger partial charge >= 0.3 is 0 Å².